The van der Waals surface area contributed by atoms with Crippen molar-refractivity contribution >= 4 is 28.5 Å². The molecule has 0 atom stereocenters. The number of aromatic nitrogens is 3. The highest BCUT2D eigenvalue weighted by Crippen LogP contribution is 2.32. The standard InChI is InChI=1S/C21H23N5O2/c1-14-18-19(22-13-23-20(18)28-24-14)25-11-8-16(9-12-25)21(27)26-10-4-6-15-5-2-3-7-17(15)26/h2-3,5,7,13,16H,4,6,8-12H2,1H3. The van der Waals surface area contributed by atoms with Crippen molar-refractivity contribution < 1.29 is 9.32 Å². The van der Waals surface area contributed by atoms with Crippen molar-refractivity contribution in [2.75, 3.05) is 29.4 Å². The van der Waals surface area contributed by atoms with Crippen LogP contribution in [0, 0.1) is 12.8 Å². The van der Waals surface area contributed by atoms with E-state index < -0.39 is 0 Å². The van der Waals surface area contributed by atoms with Crippen molar-refractivity contribution in [1.29, 1.82) is 0 Å². The van der Waals surface area contributed by atoms with Gasteiger partial charge in [0.1, 0.15) is 17.5 Å². The van der Waals surface area contributed by atoms with Crippen LogP contribution in [0.3, 0.4) is 0 Å². The van der Waals surface area contributed by atoms with Gasteiger partial charge in [0.05, 0.1) is 5.69 Å². The van der Waals surface area contributed by atoms with Crippen LogP contribution in [0.25, 0.3) is 11.1 Å². The van der Waals surface area contributed by atoms with Gasteiger partial charge in [-0.05, 0) is 44.2 Å². The summed E-state index contributed by atoms with van der Waals surface area (Å²) in [5.41, 5.74) is 3.70. The van der Waals surface area contributed by atoms with Crippen LogP contribution in [0.15, 0.2) is 35.1 Å². The molecule has 7 heteroatoms. The van der Waals surface area contributed by atoms with E-state index in [0.29, 0.717) is 5.71 Å². The first-order chi connectivity index (χ1) is 13.7. The SMILES string of the molecule is Cc1noc2ncnc(N3CCC(C(=O)N4CCCc5ccccc54)CC3)c12. The Morgan fingerprint density at radius 3 is 2.82 bits per heavy atom. The summed E-state index contributed by atoms with van der Waals surface area (Å²) in [5, 5.41) is 4.88. The fourth-order valence-electron chi connectivity index (χ4n) is 4.46. The summed E-state index contributed by atoms with van der Waals surface area (Å²) in [5.74, 6) is 1.18. The van der Waals surface area contributed by atoms with E-state index in [1.807, 2.05) is 17.9 Å². The molecule has 0 unspecified atom stereocenters. The number of fused-ring (bicyclic) bond motifs is 2. The predicted octanol–water partition coefficient (Wildman–Crippen LogP) is 3.12. The molecule has 0 N–H and O–H groups in total. The van der Waals surface area contributed by atoms with Crippen molar-refractivity contribution in [3.05, 3.63) is 41.9 Å². The maximum absolute atomic E-state index is 13.2. The van der Waals surface area contributed by atoms with Gasteiger partial charge in [0.25, 0.3) is 5.71 Å². The Morgan fingerprint density at radius 1 is 1.14 bits per heavy atom. The predicted molar refractivity (Wildman–Crippen MR) is 106 cm³/mol. The summed E-state index contributed by atoms with van der Waals surface area (Å²) in [6, 6.07) is 8.29. The van der Waals surface area contributed by atoms with Gasteiger partial charge in [-0.15, -0.1) is 0 Å². The van der Waals surface area contributed by atoms with E-state index in [0.717, 1.165) is 67.9 Å². The molecule has 7 nitrogen and oxygen atoms in total. The zero-order valence-corrected chi connectivity index (χ0v) is 16.0. The lowest BCUT2D eigenvalue weighted by atomic mass is 9.93. The molecule has 3 aromatic rings. The fourth-order valence-corrected chi connectivity index (χ4v) is 4.46. The Balaban J connectivity index is 1.32. The zero-order chi connectivity index (χ0) is 19.1. The Labute approximate surface area is 163 Å². The van der Waals surface area contributed by atoms with E-state index in [9.17, 15) is 4.79 Å². The van der Waals surface area contributed by atoms with E-state index >= 15 is 0 Å². The van der Waals surface area contributed by atoms with Gasteiger partial charge in [-0.3, -0.25) is 4.79 Å². The quantitative estimate of drug-likeness (QED) is 0.683. The minimum Gasteiger partial charge on any atom is -0.356 e. The highest BCUT2D eigenvalue weighted by atomic mass is 16.5. The Bertz CT molecular complexity index is 1020. The van der Waals surface area contributed by atoms with Crippen LogP contribution in [0.4, 0.5) is 11.5 Å². The number of carbonyl (C=O) groups is 1. The number of aryl methyl sites for hydroxylation is 2. The monoisotopic (exact) mass is 377 g/mol. The number of piperidine rings is 1. The molecule has 0 radical (unpaired) electrons. The van der Waals surface area contributed by atoms with Crippen molar-refractivity contribution in [2.24, 2.45) is 5.92 Å². The Morgan fingerprint density at radius 2 is 1.96 bits per heavy atom. The first-order valence-electron chi connectivity index (χ1n) is 9.93. The average Bonchev–Trinajstić information content (AvgIpc) is 3.14. The third-order valence-corrected chi connectivity index (χ3v) is 5.94. The minimum atomic E-state index is 0.0586. The Hall–Kier alpha value is -2.96. The first kappa shape index (κ1) is 17.2. The molecule has 28 heavy (non-hydrogen) atoms. The topological polar surface area (TPSA) is 75.4 Å². The maximum atomic E-state index is 13.2. The van der Waals surface area contributed by atoms with Gasteiger partial charge in [0, 0.05) is 31.2 Å². The summed E-state index contributed by atoms with van der Waals surface area (Å²) < 4.78 is 5.26. The molecule has 144 valence electrons. The average molecular weight is 377 g/mol. The number of rotatable bonds is 2. The van der Waals surface area contributed by atoms with E-state index in [4.69, 9.17) is 4.52 Å². The van der Waals surface area contributed by atoms with Crippen LogP contribution in [-0.4, -0.2) is 40.7 Å². The largest absolute Gasteiger partial charge is 0.356 e. The number of carbonyl (C=O) groups excluding carboxylic acids is 1. The van der Waals surface area contributed by atoms with E-state index in [1.165, 1.54) is 11.9 Å². The van der Waals surface area contributed by atoms with Gasteiger partial charge in [-0.1, -0.05) is 23.4 Å². The highest BCUT2D eigenvalue weighted by Gasteiger charge is 2.32. The molecular formula is C21H23N5O2. The number of nitrogens with zero attached hydrogens (tertiary/aromatic N) is 5. The Kier molecular flexibility index (Phi) is 4.22. The summed E-state index contributed by atoms with van der Waals surface area (Å²) >= 11 is 0. The maximum Gasteiger partial charge on any atom is 0.263 e. The second kappa shape index (κ2) is 6.89. The molecular weight excluding hydrogens is 354 g/mol. The molecule has 1 aromatic carbocycles. The van der Waals surface area contributed by atoms with Crippen molar-refractivity contribution in [3.63, 3.8) is 0 Å². The molecule has 0 aliphatic carbocycles. The lowest BCUT2D eigenvalue weighted by Gasteiger charge is -2.36. The molecule has 1 saturated heterocycles. The second-order valence-corrected chi connectivity index (χ2v) is 7.63. The first-order valence-corrected chi connectivity index (χ1v) is 9.93. The number of hydrogen-bond acceptors (Lipinski definition) is 6. The zero-order valence-electron chi connectivity index (χ0n) is 16.0. The van der Waals surface area contributed by atoms with Crippen LogP contribution in [-0.2, 0) is 11.2 Å². The molecule has 0 bridgehead atoms. The van der Waals surface area contributed by atoms with Crippen LogP contribution in [0.5, 0.6) is 0 Å². The molecule has 0 spiro atoms. The third-order valence-electron chi connectivity index (χ3n) is 5.94. The molecule has 2 aromatic heterocycles. The van der Waals surface area contributed by atoms with Gasteiger partial charge in [0.15, 0.2) is 0 Å². The summed E-state index contributed by atoms with van der Waals surface area (Å²) in [4.78, 5) is 26.1. The van der Waals surface area contributed by atoms with Crippen LogP contribution >= 0.6 is 0 Å². The van der Waals surface area contributed by atoms with Gasteiger partial charge < -0.3 is 14.3 Å². The van der Waals surface area contributed by atoms with Gasteiger partial charge in [0.2, 0.25) is 5.91 Å². The third kappa shape index (κ3) is 2.82. The molecule has 5 rings (SSSR count). The number of hydrogen-bond donors (Lipinski definition) is 0. The number of anilines is 2. The molecule has 2 aliphatic heterocycles. The normalized spacial score (nSPS) is 17.8. The smallest absolute Gasteiger partial charge is 0.263 e. The van der Waals surface area contributed by atoms with E-state index in [1.54, 1.807) is 0 Å². The number of benzene rings is 1. The van der Waals surface area contributed by atoms with Crippen molar-refractivity contribution in [2.45, 2.75) is 32.6 Å². The number of amides is 1. The lowest BCUT2D eigenvalue weighted by Crippen LogP contribution is -2.44. The van der Waals surface area contributed by atoms with Gasteiger partial charge in [-0.25, -0.2) is 4.98 Å². The van der Waals surface area contributed by atoms with Gasteiger partial charge >= 0.3 is 0 Å². The van der Waals surface area contributed by atoms with Crippen LogP contribution in [0.1, 0.15) is 30.5 Å². The van der Waals surface area contributed by atoms with Gasteiger partial charge in [-0.2, -0.15) is 4.98 Å². The summed E-state index contributed by atoms with van der Waals surface area (Å²) in [7, 11) is 0. The highest BCUT2D eigenvalue weighted by molar-refractivity contribution is 5.96. The van der Waals surface area contributed by atoms with Crippen LogP contribution < -0.4 is 9.80 Å². The summed E-state index contributed by atoms with van der Waals surface area (Å²) in [6.07, 6.45) is 5.26. The number of para-hydroxylation sites is 1. The minimum absolute atomic E-state index is 0.0586. The van der Waals surface area contributed by atoms with Crippen LogP contribution in [0.2, 0.25) is 0 Å². The molecule has 4 heterocycles. The summed E-state index contributed by atoms with van der Waals surface area (Å²) in [6.45, 7) is 4.32. The van der Waals surface area contributed by atoms with Crippen molar-refractivity contribution in [1.82, 2.24) is 15.1 Å². The van der Waals surface area contributed by atoms with E-state index in [2.05, 4.69) is 38.2 Å². The molecule has 1 fully saturated rings. The van der Waals surface area contributed by atoms with Crippen molar-refractivity contribution in [3.8, 4) is 0 Å². The second-order valence-electron chi connectivity index (χ2n) is 7.63. The molecule has 0 saturated carbocycles. The molecule has 1 amide bonds. The lowest BCUT2D eigenvalue weighted by molar-refractivity contribution is -0.123. The van der Waals surface area contributed by atoms with E-state index in [-0.39, 0.29) is 11.8 Å². The fraction of sp³-hybridized carbons (Fsp3) is 0.429. The molecule has 2 aliphatic rings.